The van der Waals surface area contributed by atoms with Crippen molar-refractivity contribution in [3.05, 3.63) is 0 Å². The molecule has 9 fully saturated rings. The third-order valence-electron chi connectivity index (χ3n) is 25.1. The third-order valence-corrected chi connectivity index (χ3v) is 25.1. The zero-order chi connectivity index (χ0) is 79.0. The van der Waals surface area contributed by atoms with Crippen molar-refractivity contribution in [1.29, 1.82) is 0 Å². The smallest absolute Gasteiger partial charge is 0.382 e. The number of halogens is 8. The molecule has 0 radical (unpaired) electrons. The normalized spacial score (nSPS) is 33.1. The van der Waals surface area contributed by atoms with E-state index in [0.29, 0.717) is 57.8 Å². The highest BCUT2D eigenvalue weighted by atomic mass is 19.4. The van der Waals surface area contributed by atoms with E-state index in [1.54, 1.807) is 13.8 Å². The molecule has 5 heterocycles. The molecule has 0 aromatic carbocycles. The Hall–Kier alpha value is -7.00. The van der Waals surface area contributed by atoms with Gasteiger partial charge < -0.3 is 69.5 Å². The Morgan fingerprint density at radius 3 is 1.79 bits per heavy atom. The van der Waals surface area contributed by atoms with E-state index in [9.17, 15) is 45.5 Å². The zero-order valence-electron chi connectivity index (χ0n) is 63.6. The summed E-state index contributed by atoms with van der Waals surface area (Å²) in [5.41, 5.74) is -1.65. The molecule has 608 valence electrons. The molecule has 4 aliphatic carbocycles. The molecule has 108 heavy (non-hydrogen) atoms. The molecule has 4 saturated carbocycles. The fourth-order valence-corrected chi connectivity index (χ4v) is 18.0. The van der Waals surface area contributed by atoms with Gasteiger partial charge in [0.15, 0.2) is 0 Å². The first-order valence-electron chi connectivity index (χ1n) is 38.9. The van der Waals surface area contributed by atoms with Gasteiger partial charge in [-0.15, -0.1) is 0 Å². The zero-order valence-corrected chi connectivity index (χ0v) is 63.6. The topological polar surface area (TPSA) is 289 Å². The van der Waals surface area contributed by atoms with E-state index in [4.69, 9.17) is 9.47 Å². The van der Waals surface area contributed by atoms with E-state index in [-0.39, 0.29) is 123 Å². The van der Waals surface area contributed by atoms with Gasteiger partial charge in [0.05, 0.1) is 38.7 Å². The van der Waals surface area contributed by atoms with Gasteiger partial charge in [-0.3, -0.25) is 57.5 Å². The van der Waals surface area contributed by atoms with Crippen LogP contribution in [0.15, 0.2) is 0 Å². The number of nitrogens with zero attached hydrogens (tertiary/aromatic N) is 9. The van der Waals surface area contributed by atoms with E-state index >= 15 is 47.1 Å². The van der Waals surface area contributed by atoms with Crippen molar-refractivity contribution in [2.45, 2.75) is 259 Å². The number of carbonyl (C=O) groups is 12. The van der Waals surface area contributed by atoms with Crippen molar-refractivity contribution in [3.63, 3.8) is 0 Å². The number of amides is 12. The van der Waals surface area contributed by atoms with Crippen LogP contribution in [0.25, 0.3) is 0 Å². The molecule has 1 spiro atoms. The number of likely N-dealkylation sites (N-methyl/N-ethyl adjacent to an activating group) is 5. The van der Waals surface area contributed by atoms with Crippen molar-refractivity contribution >= 4 is 70.9 Å². The van der Waals surface area contributed by atoms with Gasteiger partial charge in [0.2, 0.25) is 70.9 Å². The number of ether oxygens (including phenoxy) is 2. The molecule has 5 aliphatic heterocycles. The van der Waals surface area contributed by atoms with Crippen LogP contribution in [0.5, 0.6) is 0 Å². The summed E-state index contributed by atoms with van der Waals surface area (Å²) in [5.74, 6) is -16.3. The quantitative estimate of drug-likeness (QED) is 0.228. The largest absolute Gasteiger partial charge is 0.397 e. The standard InChI is InChI=1S/C74H112F8N12O14/c1-9-43(2)60-69(104)94-32-27-53(94)66(101)88(5)52-19-11-10-14-30-93(68(52)103)55(39-44-21-24-47(25-22-44)73(77,78)79)65(100)86(3)41-57(95)83-50(26-23-45-37-48(75)59(49(76)38-45)74(80,81)82)64(99)92-31-15-20-51(92)63(98)85-72(28-16-29-72)71(106)90(7)61(46-17-12-13-18-46)70(105)89(6)54(67(102)91-33-35-108-36-34-91)40-58(96)87(4)56(42-107-8)62(97)84-60/h43-56,59-61H,9-42H2,1-8H3,(H,83,95)(H,84,97)(H,85,98)/t43-,44?,45?,47?,48?,49?,50-,51-,52-,53-,54-,55-,56-,59?,60-,61-/m0/s1. The predicted octanol–water partition coefficient (Wildman–Crippen LogP) is 5.07. The minimum atomic E-state index is -5.20. The molecule has 2 bridgehead atoms. The Balaban J connectivity index is 1.09. The molecule has 12 atom stereocenters. The fourth-order valence-electron chi connectivity index (χ4n) is 18.0. The van der Waals surface area contributed by atoms with Crippen molar-refractivity contribution in [2.24, 2.45) is 35.5 Å². The summed E-state index contributed by atoms with van der Waals surface area (Å²) in [5, 5.41) is 8.40. The number of carbonyl (C=O) groups excluding carboxylic acids is 12. The third kappa shape index (κ3) is 19.3. The SMILES string of the molecule is CC[C@H](C)[C@@H]1NC(=O)[C@H](COC)N(C)C(=O)C[C@@H](C(=O)N2CCOCC2)N(C)C(=O)[C@H](C2CCCC2)N(C)C(=O)C2(CCC2)NC(=O)[C@@H]2CCCN2C(=O)[C@H](CCC2CC(F)C(C(F)(F)F)C(F)C2)NC(=O)CN(C)C(=O)[C@H](CC2CCC(C(F)(F)F)CC2)N2CCCCC[C@@H](C2=O)N(C)C(=O)[C@@H]2CCN2C1=O. The van der Waals surface area contributed by atoms with E-state index in [0.717, 1.165) is 14.7 Å². The monoisotopic (exact) mass is 1540 g/mol. The molecule has 34 heteroatoms. The maximum absolute atomic E-state index is 15.6. The summed E-state index contributed by atoms with van der Waals surface area (Å²) in [6, 6.07) is -12.4. The van der Waals surface area contributed by atoms with Gasteiger partial charge in [-0.1, -0.05) is 46.0 Å². The van der Waals surface area contributed by atoms with Crippen LogP contribution in [0.1, 0.15) is 174 Å². The number of nitrogens with one attached hydrogen (secondary N) is 3. The van der Waals surface area contributed by atoms with Crippen LogP contribution in [-0.4, -0.2) is 301 Å². The highest BCUT2D eigenvalue weighted by Crippen LogP contribution is 2.46. The Labute approximate surface area is 626 Å². The second-order valence-electron chi connectivity index (χ2n) is 32.0. The summed E-state index contributed by atoms with van der Waals surface area (Å²) in [6.45, 7) is 2.62. The average Bonchev–Trinajstić information content (AvgIpc) is 1.04. The van der Waals surface area contributed by atoms with E-state index in [2.05, 4.69) is 16.0 Å². The average molecular weight is 1550 g/mol. The Morgan fingerprint density at radius 2 is 1.20 bits per heavy atom. The van der Waals surface area contributed by atoms with Crippen LogP contribution < -0.4 is 16.0 Å². The highest BCUT2D eigenvalue weighted by Gasteiger charge is 2.56. The van der Waals surface area contributed by atoms with E-state index in [1.807, 2.05) is 0 Å². The lowest BCUT2D eigenvalue weighted by atomic mass is 9.74. The number of methoxy groups -OCH3 is 1. The van der Waals surface area contributed by atoms with E-state index < -0.39 is 230 Å². The summed E-state index contributed by atoms with van der Waals surface area (Å²) in [7, 11) is 8.02. The van der Waals surface area contributed by atoms with Crippen LogP contribution in [-0.2, 0) is 67.0 Å². The molecular weight excluding hydrogens is 1430 g/mol. The highest BCUT2D eigenvalue weighted by molar-refractivity contribution is 6.01. The Bertz CT molecular complexity index is 3230. The summed E-state index contributed by atoms with van der Waals surface area (Å²) >= 11 is 0. The molecule has 5 saturated heterocycles. The molecule has 0 aromatic heterocycles. The molecule has 3 N–H and O–H groups in total. The van der Waals surface area contributed by atoms with Crippen LogP contribution in [0, 0.1) is 35.5 Å². The minimum Gasteiger partial charge on any atom is -0.382 e. The van der Waals surface area contributed by atoms with Crippen LogP contribution >= 0.6 is 0 Å². The molecule has 0 aromatic rings. The number of rotatable bonds is 11. The maximum atomic E-state index is 15.6. The maximum Gasteiger partial charge on any atom is 0.397 e. The van der Waals surface area contributed by atoms with E-state index in [1.165, 1.54) is 71.7 Å². The summed E-state index contributed by atoms with van der Waals surface area (Å²) in [6.07, 6.45) is -13.6. The minimum absolute atomic E-state index is 0.0172. The van der Waals surface area contributed by atoms with Gasteiger partial charge in [0.25, 0.3) is 0 Å². The molecule has 2 unspecified atom stereocenters. The first-order chi connectivity index (χ1) is 51.0. The molecule has 26 nitrogen and oxygen atoms in total. The lowest BCUT2D eigenvalue weighted by Gasteiger charge is -2.47. The summed E-state index contributed by atoms with van der Waals surface area (Å²) < 4.78 is 126. The molecule has 12 amide bonds. The fraction of sp³-hybridized carbons (Fsp3) is 0.838. The molecule has 9 aliphatic rings. The first-order valence-corrected chi connectivity index (χ1v) is 38.9. The van der Waals surface area contributed by atoms with Crippen LogP contribution in [0.4, 0.5) is 35.1 Å². The number of hydrogen-bond acceptors (Lipinski definition) is 14. The van der Waals surface area contributed by atoms with Gasteiger partial charge in [0.1, 0.15) is 78.2 Å². The van der Waals surface area contributed by atoms with Gasteiger partial charge in [-0.2, -0.15) is 26.3 Å². The van der Waals surface area contributed by atoms with Gasteiger partial charge in [0, 0.05) is 75.1 Å². The van der Waals surface area contributed by atoms with Gasteiger partial charge in [-0.05, 0) is 146 Å². The Morgan fingerprint density at radius 1 is 0.583 bits per heavy atom. The first kappa shape index (κ1) is 85.0. The van der Waals surface area contributed by atoms with Crippen molar-refractivity contribution in [3.8, 4) is 0 Å². The Kier molecular flexibility index (Phi) is 28.7. The second-order valence-corrected chi connectivity index (χ2v) is 32.0. The number of fused-ring (bicyclic) bond motifs is 4. The lowest BCUT2D eigenvalue weighted by molar-refractivity contribution is -0.219. The van der Waals surface area contributed by atoms with Crippen LogP contribution in [0.2, 0.25) is 0 Å². The van der Waals surface area contributed by atoms with Crippen LogP contribution in [0.3, 0.4) is 0 Å². The van der Waals surface area contributed by atoms with Crippen molar-refractivity contribution in [1.82, 2.24) is 60.0 Å². The predicted molar refractivity (Wildman–Crippen MR) is 374 cm³/mol. The number of hydrogen-bond donors (Lipinski definition) is 3. The van der Waals surface area contributed by atoms with Gasteiger partial charge >= 0.3 is 12.4 Å². The molecular formula is C74H112F8N12O14. The number of alkyl halides is 8. The summed E-state index contributed by atoms with van der Waals surface area (Å²) in [4.78, 5) is 193. The van der Waals surface area contributed by atoms with Gasteiger partial charge in [-0.25, -0.2) is 8.78 Å². The van der Waals surface area contributed by atoms with Crippen molar-refractivity contribution < 1.29 is 102 Å². The second kappa shape index (κ2) is 36.4. The lowest BCUT2D eigenvalue weighted by Crippen LogP contribution is -2.68. The number of morpholine rings is 1. The molecule has 9 rings (SSSR count). The van der Waals surface area contributed by atoms with Crippen molar-refractivity contribution in [2.75, 3.05) is 101 Å².